The normalized spacial score (nSPS) is 21.3. The van der Waals surface area contributed by atoms with Crippen molar-refractivity contribution in [1.29, 1.82) is 0 Å². The number of benzene rings is 1. The van der Waals surface area contributed by atoms with Crippen molar-refractivity contribution in [3.05, 3.63) is 52.2 Å². The van der Waals surface area contributed by atoms with Crippen LogP contribution in [-0.4, -0.2) is 11.8 Å². The van der Waals surface area contributed by atoms with Crippen LogP contribution in [0.15, 0.2) is 24.4 Å². The molecule has 0 saturated carbocycles. The Kier molecular flexibility index (Phi) is 4.16. The predicted molar refractivity (Wildman–Crippen MR) is 84.9 cm³/mol. The van der Waals surface area contributed by atoms with Gasteiger partial charge in [-0.15, -0.1) is 0 Å². The van der Waals surface area contributed by atoms with Crippen LogP contribution in [0, 0.1) is 20.8 Å². The molecule has 152 valence electrons. The van der Waals surface area contributed by atoms with E-state index in [1.54, 1.807) is 32.9 Å². The molecule has 1 heterocycles. The van der Waals surface area contributed by atoms with Crippen molar-refractivity contribution in [2.24, 2.45) is 7.05 Å². The molecule has 1 nitrogen and oxygen atoms in total. The summed E-state index contributed by atoms with van der Waals surface area (Å²) in [5, 5.41) is 0. The van der Waals surface area contributed by atoms with Crippen LogP contribution < -0.4 is 4.57 Å². The van der Waals surface area contributed by atoms with Gasteiger partial charge in [0, 0.05) is 17.2 Å². The maximum atomic E-state index is 14.3. The highest BCUT2D eigenvalue weighted by molar-refractivity contribution is 5.65. The fraction of sp³-hybridized carbons (Fsp3) is 0.421. The third-order valence-corrected chi connectivity index (χ3v) is 5.22. The number of aryl methyl sites for hydroxylation is 3. The summed E-state index contributed by atoms with van der Waals surface area (Å²) in [6.07, 6.45) is 0.374. The summed E-state index contributed by atoms with van der Waals surface area (Å²) in [6.45, 7) is 5.10. The average molecular weight is 410 g/mol. The molecule has 0 radical (unpaired) electrons. The standard InChI is InChI=1S/C19H16F8N/c1-9-5-10(2)11(3)12(6-9)15-7-13-14(8-28(15)4)17(22,23)19(26,27)18(24,25)16(13,20)21/h5-8H,1-4H3/q+1. The molecule has 28 heavy (non-hydrogen) atoms. The lowest BCUT2D eigenvalue weighted by atomic mass is 9.80. The Morgan fingerprint density at radius 1 is 0.714 bits per heavy atom. The van der Waals surface area contributed by atoms with Crippen molar-refractivity contribution >= 4 is 0 Å². The lowest BCUT2D eigenvalue weighted by Crippen LogP contribution is -2.64. The number of halogens is 8. The Bertz CT molecular complexity index is 978. The fourth-order valence-corrected chi connectivity index (χ4v) is 3.47. The minimum atomic E-state index is -6.26. The zero-order valence-corrected chi connectivity index (χ0v) is 15.3. The van der Waals surface area contributed by atoms with Crippen LogP contribution in [-0.2, 0) is 18.9 Å². The fourth-order valence-electron chi connectivity index (χ4n) is 3.47. The number of pyridine rings is 1. The first-order valence-electron chi connectivity index (χ1n) is 8.21. The lowest BCUT2D eigenvalue weighted by Gasteiger charge is -2.42. The van der Waals surface area contributed by atoms with Crippen LogP contribution in [0.4, 0.5) is 35.1 Å². The molecule has 1 aromatic carbocycles. The molecule has 0 unspecified atom stereocenters. The van der Waals surface area contributed by atoms with Crippen LogP contribution in [0.2, 0.25) is 0 Å². The number of alkyl halides is 8. The molecule has 0 saturated heterocycles. The molecule has 0 N–H and O–H groups in total. The second-order valence-electron chi connectivity index (χ2n) is 7.15. The van der Waals surface area contributed by atoms with Gasteiger partial charge in [0.25, 0.3) is 0 Å². The first-order chi connectivity index (χ1) is 12.6. The van der Waals surface area contributed by atoms with E-state index in [1.807, 2.05) is 0 Å². The summed E-state index contributed by atoms with van der Waals surface area (Å²) in [5.41, 5.74) is -1.24. The van der Waals surface area contributed by atoms with Gasteiger partial charge in [0.2, 0.25) is 5.69 Å². The number of hydrogen-bond donors (Lipinski definition) is 0. The molecule has 0 atom stereocenters. The Morgan fingerprint density at radius 3 is 1.75 bits per heavy atom. The van der Waals surface area contributed by atoms with E-state index >= 15 is 0 Å². The third kappa shape index (κ3) is 2.34. The van der Waals surface area contributed by atoms with Crippen LogP contribution >= 0.6 is 0 Å². The second kappa shape index (κ2) is 5.67. The molecule has 0 amide bonds. The quantitative estimate of drug-likeness (QED) is 0.428. The van der Waals surface area contributed by atoms with E-state index in [2.05, 4.69) is 0 Å². The molecule has 0 spiro atoms. The third-order valence-electron chi connectivity index (χ3n) is 5.22. The van der Waals surface area contributed by atoms with Crippen LogP contribution in [0.1, 0.15) is 27.8 Å². The number of aromatic nitrogens is 1. The Morgan fingerprint density at radius 2 is 1.21 bits per heavy atom. The van der Waals surface area contributed by atoms with Crippen molar-refractivity contribution in [2.45, 2.75) is 44.5 Å². The van der Waals surface area contributed by atoms with Gasteiger partial charge < -0.3 is 0 Å². The average Bonchev–Trinajstić information content (AvgIpc) is 2.56. The molecule has 1 aliphatic carbocycles. The van der Waals surface area contributed by atoms with E-state index in [4.69, 9.17) is 0 Å². The van der Waals surface area contributed by atoms with E-state index in [-0.39, 0.29) is 5.69 Å². The van der Waals surface area contributed by atoms with Gasteiger partial charge >= 0.3 is 23.7 Å². The summed E-state index contributed by atoms with van der Waals surface area (Å²) in [5.74, 6) is -23.5. The SMILES string of the molecule is Cc1cc(C)c(C)c(-c2cc3c(c[n+]2C)C(F)(F)C(F)(F)C(F)(F)C3(F)F)c1. The van der Waals surface area contributed by atoms with Crippen LogP contribution in [0.3, 0.4) is 0 Å². The van der Waals surface area contributed by atoms with Crippen molar-refractivity contribution < 1.29 is 39.7 Å². The Labute approximate surface area is 155 Å². The number of rotatable bonds is 1. The molecule has 1 aromatic heterocycles. The largest absolute Gasteiger partial charge is 0.383 e. The summed E-state index contributed by atoms with van der Waals surface area (Å²) < 4.78 is 113. The summed E-state index contributed by atoms with van der Waals surface area (Å²) in [6, 6.07) is 3.83. The van der Waals surface area contributed by atoms with Crippen molar-refractivity contribution in [3.63, 3.8) is 0 Å². The predicted octanol–water partition coefficient (Wildman–Crippen LogP) is 5.57. The first-order valence-corrected chi connectivity index (χ1v) is 8.21. The first kappa shape index (κ1) is 20.5. The highest BCUT2D eigenvalue weighted by Gasteiger charge is 2.85. The van der Waals surface area contributed by atoms with E-state index in [0.717, 1.165) is 15.7 Å². The van der Waals surface area contributed by atoms with Crippen LogP contribution in [0.5, 0.6) is 0 Å². The Balaban J connectivity index is 2.41. The molecule has 3 rings (SSSR count). The van der Waals surface area contributed by atoms with E-state index in [1.165, 1.54) is 7.05 Å². The molecule has 0 bridgehead atoms. The van der Waals surface area contributed by atoms with Crippen LogP contribution in [0.25, 0.3) is 11.3 Å². The van der Waals surface area contributed by atoms with Crippen molar-refractivity contribution in [2.75, 3.05) is 0 Å². The van der Waals surface area contributed by atoms with E-state index < -0.39 is 34.8 Å². The summed E-state index contributed by atoms with van der Waals surface area (Å²) >= 11 is 0. The number of hydrogen-bond acceptors (Lipinski definition) is 0. The summed E-state index contributed by atoms with van der Waals surface area (Å²) in [7, 11) is 1.20. The zero-order chi connectivity index (χ0) is 21.4. The van der Waals surface area contributed by atoms with Gasteiger partial charge in [-0.25, -0.2) is 4.57 Å². The van der Waals surface area contributed by atoms with Gasteiger partial charge in [-0.2, -0.15) is 35.1 Å². The van der Waals surface area contributed by atoms with Gasteiger partial charge in [0.1, 0.15) is 12.6 Å². The maximum Gasteiger partial charge on any atom is 0.383 e. The van der Waals surface area contributed by atoms with Gasteiger partial charge in [-0.1, -0.05) is 11.6 Å². The molecular formula is C19H16F8N+. The molecule has 1 aliphatic rings. The Hall–Kier alpha value is -2.19. The number of fused-ring (bicyclic) bond motifs is 1. The minimum absolute atomic E-state index is 0.0699. The van der Waals surface area contributed by atoms with Crippen molar-refractivity contribution in [3.8, 4) is 11.3 Å². The second-order valence-corrected chi connectivity index (χ2v) is 7.15. The molecule has 0 aliphatic heterocycles. The summed E-state index contributed by atoms with van der Waals surface area (Å²) in [4.78, 5) is 0. The zero-order valence-electron chi connectivity index (χ0n) is 15.3. The van der Waals surface area contributed by atoms with Gasteiger partial charge in [0.05, 0.1) is 0 Å². The highest BCUT2D eigenvalue weighted by atomic mass is 19.4. The van der Waals surface area contributed by atoms with E-state index in [9.17, 15) is 35.1 Å². The highest BCUT2D eigenvalue weighted by Crippen LogP contribution is 2.64. The minimum Gasteiger partial charge on any atom is -0.200 e. The maximum absolute atomic E-state index is 14.3. The monoisotopic (exact) mass is 410 g/mol. The topological polar surface area (TPSA) is 3.88 Å². The molecule has 9 heteroatoms. The van der Waals surface area contributed by atoms with Crippen molar-refractivity contribution in [1.82, 2.24) is 0 Å². The van der Waals surface area contributed by atoms with Gasteiger partial charge in [0.15, 0.2) is 6.20 Å². The molecule has 0 fully saturated rings. The van der Waals surface area contributed by atoms with Gasteiger partial charge in [-0.05, 0) is 38.0 Å². The smallest absolute Gasteiger partial charge is 0.200 e. The number of nitrogens with zero attached hydrogens (tertiary/aromatic N) is 1. The van der Waals surface area contributed by atoms with E-state index in [0.29, 0.717) is 23.4 Å². The molecular weight excluding hydrogens is 394 g/mol. The van der Waals surface area contributed by atoms with Gasteiger partial charge in [-0.3, -0.25) is 0 Å². The molecule has 2 aromatic rings. The lowest BCUT2D eigenvalue weighted by molar-refractivity contribution is -0.661.